The lowest BCUT2D eigenvalue weighted by atomic mass is 10.0. The van der Waals surface area contributed by atoms with Crippen molar-refractivity contribution in [3.63, 3.8) is 0 Å². The molecule has 0 saturated carbocycles. The van der Waals surface area contributed by atoms with Crippen LogP contribution in [0.4, 0.5) is 0 Å². The number of aliphatic hydroxyl groups is 2. The second-order valence-electron chi connectivity index (χ2n) is 22.4. The summed E-state index contributed by atoms with van der Waals surface area (Å²) in [6.45, 7) is 4.93. The van der Waals surface area contributed by atoms with Gasteiger partial charge in [-0.1, -0.05) is 294 Å². The summed E-state index contributed by atoms with van der Waals surface area (Å²) in [5.41, 5.74) is 0. The number of carbonyl (C=O) groups is 2. The lowest BCUT2D eigenvalue weighted by molar-refractivity contribution is -0.143. The zero-order valence-electron chi connectivity index (χ0n) is 49.1. The molecule has 0 heterocycles. The van der Waals surface area contributed by atoms with Gasteiger partial charge in [0.15, 0.2) is 0 Å². The van der Waals surface area contributed by atoms with Crippen molar-refractivity contribution >= 4 is 11.9 Å². The van der Waals surface area contributed by atoms with Gasteiger partial charge in [0.25, 0.3) is 0 Å². The van der Waals surface area contributed by atoms with Crippen LogP contribution >= 0.6 is 0 Å². The maximum atomic E-state index is 12.5. The summed E-state index contributed by atoms with van der Waals surface area (Å²) in [6, 6.07) is -0.556. The molecule has 0 radical (unpaired) electrons. The zero-order valence-corrected chi connectivity index (χ0v) is 49.1. The number of ether oxygens (including phenoxy) is 1. The van der Waals surface area contributed by atoms with Crippen molar-refractivity contribution in [1.29, 1.82) is 0 Å². The normalized spacial score (nSPS) is 12.8. The van der Waals surface area contributed by atoms with Gasteiger partial charge in [-0.05, 0) is 83.5 Å². The van der Waals surface area contributed by atoms with E-state index in [0.29, 0.717) is 25.9 Å². The van der Waals surface area contributed by atoms with E-state index in [4.69, 9.17) is 4.74 Å². The van der Waals surface area contributed by atoms with Crippen molar-refractivity contribution < 1.29 is 24.5 Å². The average molecular weight is 1030 g/mol. The predicted octanol–water partition coefficient (Wildman–Crippen LogP) is 20.8. The van der Waals surface area contributed by atoms with E-state index in [1.165, 1.54) is 250 Å². The Hall–Kier alpha value is -1.92. The SMILES string of the molecule is CCCCCC/C=C\C/C=C\CCCCCCCC(=O)OCCCCCCCCC/C=C\CCCCCCCC(=O)NC(CO)C(O)CCCCCCCCCCCCCCCCCCCCCCCCCC. The predicted molar refractivity (Wildman–Crippen MR) is 319 cm³/mol. The van der Waals surface area contributed by atoms with Crippen LogP contribution in [0.2, 0.25) is 0 Å². The number of nitrogens with one attached hydrogen (secondary N) is 1. The number of carbonyl (C=O) groups excluding carboxylic acids is 2. The maximum absolute atomic E-state index is 12.5. The number of hydrogen-bond acceptors (Lipinski definition) is 5. The van der Waals surface area contributed by atoms with Crippen LogP contribution in [0.1, 0.15) is 354 Å². The Labute approximate surface area is 455 Å². The van der Waals surface area contributed by atoms with Crippen molar-refractivity contribution in [2.45, 2.75) is 366 Å². The maximum Gasteiger partial charge on any atom is 0.305 e. The molecule has 0 fully saturated rings. The van der Waals surface area contributed by atoms with Crippen molar-refractivity contribution in [1.82, 2.24) is 5.32 Å². The highest BCUT2D eigenvalue weighted by Crippen LogP contribution is 2.18. The van der Waals surface area contributed by atoms with E-state index in [1.807, 2.05) is 0 Å². The molecule has 0 saturated heterocycles. The lowest BCUT2D eigenvalue weighted by Gasteiger charge is -2.22. The van der Waals surface area contributed by atoms with Gasteiger partial charge in [-0.15, -0.1) is 0 Å². The van der Waals surface area contributed by atoms with Crippen LogP contribution in [-0.2, 0) is 14.3 Å². The summed E-state index contributed by atoms with van der Waals surface area (Å²) in [7, 11) is 0. The summed E-state index contributed by atoms with van der Waals surface area (Å²) in [6.07, 6.45) is 78.7. The van der Waals surface area contributed by atoms with Gasteiger partial charge >= 0.3 is 5.97 Å². The largest absolute Gasteiger partial charge is 0.466 e. The topological polar surface area (TPSA) is 95.9 Å². The summed E-state index contributed by atoms with van der Waals surface area (Å²) >= 11 is 0. The molecule has 0 aromatic carbocycles. The van der Waals surface area contributed by atoms with Crippen LogP contribution in [0.3, 0.4) is 0 Å². The van der Waals surface area contributed by atoms with Gasteiger partial charge in [-0.25, -0.2) is 0 Å². The summed E-state index contributed by atoms with van der Waals surface area (Å²) in [5, 5.41) is 23.4. The standard InChI is InChI=1S/C67H127NO5/c1-3-5-7-9-11-13-15-17-19-21-22-23-24-25-26-27-28-31-35-39-43-47-51-55-59-65(70)64(63-69)68-66(71)60-56-52-48-44-40-36-32-29-30-34-38-42-46-50-54-58-62-73-67(72)61-57-53-49-45-41-37-33-20-18-16-14-12-10-8-6-4-2/h14,16,20,29,32-33,64-65,69-70H,3-13,15,17-19,21-28,30-31,34-63H2,1-2H3,(H,68,71)/b16-14-,32-29-,33-20-. The fraction of sp³-hybridized carbons (Fsp3) is 0.881. The molecule has 0 aliphatic carbocycles. The average Bonchev–Trinajstić information content (AvgIpc) is 3.39. The van der Waals surface area contributed by atoms with Crippen LogP contribution in [0.15, 0.2) is 36.5 Å². The number of amides is 1. The molecular formula is C67H127NO5. The van der Waals surface area contributed by atoms with E-state index in [2.05, 4.69) is 55.6 Å². The van der Waals surface area contributed by atoms with Crippen LogP contribution in [0.5, 0.6) is 0 Å². The molecule has 0 rings (SSSR count). The van der Waals surface area contributed by atoms with Gasteiger partial charge in [0.2, 0.25) is 5.91 Å². The van der Waals surface area contributed by atoms with Gasteiger partial charge in [0.1, 0.15) is 0 Å². The molecule has 0 aromatic heterocycles. The van der Waals surface area contributed by atoms with Gasteiger partial charge < -0.3 is 20.3 Å². The first kappa shape index (κ1) is 71.1. The highest BCUT2D eigenvalue weighted by molar-refractivity contribution is 5.76. The monoisotopic (exact) mass is 1030 g/mol. The molecule has 0 aliphatic rings. The number of hydrogen-bond donors (Lipinski definition) is 3. The molecule has 6 nitrogen and oxygen atoms in total. The van der Waals surface area contributed by atoms with Gasteiger partial charge in [0, 0.05) is 12.8 Å². The third-order valence-corrected chi connectivity index (χ3v) is 15.2. The minimum atomic E-state index is -0.677. The molecule has 6 heteroatoms. The van der Waals surface area contributed by atoms with E-state index in [9.17, 15) is 19.8 Å². The van der Waals surface area contributed by atoms with Crippen LogP contribution in [-0.4, -0.2) is 47.4 Å². The summed E-state index contributed by atoms with van der Waals surface area (Å²) in [4.78, 5) is 24.6. The van der Waals surface area contributed by atoms with E-state index < -0.39 is 12.1 Å². The van der Waals surface area contributed by atoms with Crippen LogP contribution in [0, 0.1) is 0 Å². The Morgan fingerprint density at radius 2 is 0.685 bits per heavy atom. The molecule has 73 heavy (non-hydrogen) atoms. The second-order valence-corrected chi connectivity index (χ2v) is 22.4. The third kappa shape index (κ3) is 59.2. The molecule has 2 unspecified atom stereocenters. The summed E-state index contributed by atoms with van der Waals surface area (Å²) in [5.74, 6) is -0.0648. The zero-order chi connectivity index (χ0) is 52.9. The van der Waals surface area contributed by atoms with Crippen LogP contribution in [0.25, 0.3) is 0 Å². The van der Waals surface area contributed by atoms with Gasteiger partial charge in [-0.3, -0.25) is 9.59 Å². The highest BCUT2D eigenvalue weighted by atomic mass is 16.5. The number of aliphatic hydroxyl groups excluding tert-OH is 2. The molecule has 0 bridgehead atoms. The van der Waals surface area contributed by atoms with Gasteiger partial charge in [-0.2, -0.15) is 0 Å². The first-order valence-electron chi connectivity index (χ1n) is 32.7. The number of allylic oxidation sites excluding steroid dienone is 6. The molecule has 0 aliphatic heterocycles. The molecule has 0 aromatic rings. The van der Waals surface area contributed by atoms with Crippen molar-refractivity contribution in [2.24, 2.45) is 0 Å². The molecule has 0 spiro atoms. The molecular weight excluding hydrogens is 899 g/mol. The second kappa shape index (κ2) is 62.6. The van der Waals surface area contributed by atoms with E-state index in [0.717, 1.165) is 70.6 Å². The van der Waals surface area contributed by atoms with Crippen LogP contribution < -0.4 is 5.32 Å². The molecule has 2 atom stereocenters. The van der Waals surface area contributed by atoms with E-state index in [-0.39, 0.29) is 18.5 Å². The Bertz CT molecular complexity index is 1180. The Kier molecular flexibility index (Phi) is 61.0. The fourth-order valence-corrected chi connectivity index (χ4v) is 10.1. The Morgan fingerprint density at radius 3 is 1.07 bits per heavy atom. The Balaban J connectivity index is 3.46. The smallest absolute Gasteiger partial charge is 0.305 e. The highest BCUT2D eigenvalue weighted by Gasteiger charge is 2.20. The summed E-state index contributed by atoms with van der Waals surface area (Å²) < 4.78 is 5.47. The van der Waals surface area contributed by atoms with E-state index >= 15 is 0 Å². The van der Waals surface area contributed by atoms with Crippen molar-refractivity contribution in [3.05, 3.63) is 36.5 Å². The number of esters is 1. The molecule has 430 valence electrons. The van der Waals surface area contributed by atoms with Gasteiger partial charge in [0.05, 0.1) is 25.4 Å². The minimum absolute atomic E-state index is 0.0156. The minimum Gasteiger partial charge on any atom is -0.466 e. The van der Waals surface area contributed by atoms with E-state index in [1.54, 1.807) is 0 Å². The Morgan fingerprint density at radius 1 is 0.384 bits per heavy atom. The molecule has 3 N–H and O–H groups in total. The first-order chi connectivity index (χ1) is 36.0. The number of rotatable bonds is 61. The quantitative estimate of drug-likeness (QED) is 0.0320. The van der Waals surface area contributed by atoms with Crippen molar-refractivity contribution in [3.8, 4) is 0 Å². The number of unbranched alkanes of at least 4 members (excludes halogenated alkanes) is 44. The first-order valence-corrected chi connectivity index (χ1v) is 32.7. The molecule has 1 amide bonds. The fourth-order valence-electron chi connectivity index (χ4n) is 10.1. The van der Waals surface area contributed by atoms with Crippen molar-refractivity contribution in [2.75, 3.05) is 13.2 Å². The third-order valence-electron chi connectivity index (χ3n) is 15.2. The lowest BCUT2D eigenvalue weighted by Crippen LogP contribution is -2.45.